The van der Waals surface area contributed by atoms with Crippen LogP contribution in [0.5, 0.6) is 0 Å². The highest BCUT2D eigenvalue weighted by molar-refractivity contribution is 5.90. The molecule has 1 heterocycles. The molecule has 0 radical (unpaired) electrons. The maximum atomic E-state index is 13.5. The Kier molecular flexibility index (Phi) is 3.22. The van der Waals surface area contributed by atoms with E-state index in [2.05, 4.69) is 11.6 Å². The number of nitrogens with zero attached hydrogens (tertiary/aromatic N) is 2. The lowest BCUT2D eigenvalue weighted by Gasteiger charge is -2.09. The van der Waals surface area contributed by atoms with E-state index in [1.165, 1.54) is 12.1 Å². The Morgan fingerprint density at radius 3 is 2.76 bits per heavy atom. The molecule has 2 aromatic carbocycles. The van der Waals surface area contributed by atoms with Gasteiger partial charge in [0, 0.05) is 12.1 Å². The zero-order valence-electron chi connectivity index (χ0n) is 11.8. The van der Waals surface area contributed by atoms with Crippen molar-refractivity contribution >= 4 is 16.7 Å². The van der Waals surface area contributed by atoms with E-state index >= 15 is 0 Å². The summed E-state index contributed by atoms with van der Waals surface area (Å²) in [6.45, 7) is 6.53. The molecule has 0 amide bonds. The molecule has 0 aliphatic rings. The average molecular weight is 281 g/mol. The fraction of sp³-hybridized carbons (Fsp3) is 0.118. The van der Waals surface area contributed by atoms with Crippen LogP contribution in [0.4, 0.5) is 10.1 Å². The highest BCUT2D eigenvalue weighted by Crippen LogP contribution is 2.28. The number of hydrogen-bond donors (Lipinski definition) is 1. The number of benzene rings is 2. The summed E-state index contributed by atoms with van der Waals surface area (Å²) in [5.41, 5.74) is 10.0. The fourth-order valence-corrected chi connectivity index (χ4v) is 2.45. The lowest BCUT2D eigenvalue weighted by atomic mass is 10.2. The molecule has 0 bridgehead atoms. The minimum atomic E-state index is -0.283. The Balaban J connectivity index is 2.30. The van der Waals surface area contributed by atoms with Crippen LogP contribution in [0.15, 0.2) is 54.6 Å². The van der Waals surface area contributed by atoms with Crippen molar-refractivity contribution in [1.29, 1.82) is 0 Å². The monoisotopic (exact) mass is 281 g/mol. The molecule has 3 rings (SSSR count). The van der Waals surface area contributed by atoms with E-state index in [1.807, 2.05) is 35.8 Å². The molecule has 106 valence electrons. The van der Waals surface area contributed by atoms with Crippen LogP contribution in [-0.4, -0.2) is 9.55 Å². The van der Waals surface area contributed by atoms with Crippen LogP contribution in [0.2, 0.25) is 0 Å². The van der Waals surface area contributed by atoms with E-state index in [9.17, 15) is 4.39 Å². The number of fused-ring (bicyclic) bond motifs is 1. The molecule has 0 atom stereocenters. The molecular weight excluding hydrogens is 265 g/mol. The van der Waals surface area contributed by atoms with Crippen molar-refractivity contribution in [2.75, 3.05) is 5.73 Å². The molecule has 3 nitrogen and oxygen atoms in total. The quantitative estimate of drug-likeness (QED) is 0.582. The van der Waals surface area contributed by atoms with Crippen molar-refractivity contribution < 1.29 is 4.39 Å². The summed E-state index contributed by atoms with van der Waals surface area (Å²) in [4.78, 5) is 4.61. The second kappa shape index (κ2) is 5.05. The van der Waals surface area contributed by atoms with Gasteiger partial charge < -0.3 is 10.3 Å². The van der Waals surface area contributed by atoms with Crippen molar-refractivity contribution in [2.24, 2.45) is 0 Å². The summed E-state index contributed by atoms with van der Waals surface area (Å²) in [5, 5.41) is 0. The molecule has 3 aromatic rings. The van der Waals surface area contributed by atoms with Gasteiger partial charge in [-0.25, -0.2) is 9.37 Å². The van der Waals surface area contributed by atoms with E-state index in [0.29, 0.717) is 18.1 Å². The van der Waals surface area contributed by atoms with Gasteiger partial charge >= 0.3 is 0 Å². The van der Waals surface area contributed by atoms with Crippen molar-refractivity contribution in [3.63, 3.8) is 0 Å². The molecule has 21 heavy (non-hydrogen) atoms. The first-order valence-corrected chi connectivity index (χ1v) is 6.71. The summed E-state index contributed by atoms with van der Waals surface area (Å²) in [7, 11) is 0. The Bertz CT molecular complexity index is 833. The van der Waals surface area contributed by atoms with Crippen LogP contribution in [0, 0.1) is 5.82 Å². The van der Waals surface area contributed by atoms with Crippen LogP contribution >= 0.6 is 0 Å². The molecule has 1 aromatic heterocycles. The Morgan fingerprint density at radius 2 is 2.05 bits per heavy atom. The van der Waals surface area contributed by atoms with Gasteiger partial charge in [-0.1, -0.05) is 30.4 Å². The van der Waals surface area contributed by atoms with Crippen LogP contribution in [0.1, 0.15) is 6.92 Å². The van der Waals surface area contributed by atoms with Gasteiger partial charge in [-0.05, 0) is 31.2 Å². The minimum Gasteiger partial charge on any atom is -0.397 e. The predicted molar refractivity (Wildman–Crippen MR) is 84.4 cm³/mol. The first-order chi connectivity index (χ1) is 10.1. The molecule has 4 heteroatoms. The van der Waals surface area contributed by atoms with Gasteiger partial charge in [-0.15, -0.1) is 0 Å². The summed E-state index contributed by atoms with van der Waals surface area (Å²) < 4.78 is 15.5. The number of allylic oxidation sites excluding steroid dienone is 1. The van der Waals surface area contributed by atoms with E-state index in [-0.39, 0.29) is 5.82 Å². The largest absolute Gasteiger partial charge is 0.397 e. The van der Waals surface area contributed by atoms with Crippen molar-refractivity contribution in [2.45, 2.75) is 13.5 Å². The number of rotatable bonds is 3. The van der Waals surface area contributed by atoms with Gasteiger partial charge in [0.15, 0.2) is 0 Å². The van der Waals surface area contributed by atoms with Gasteiger partial charge in [-0.2, -0.15) is 0 Å². The van der Waals surface area contributed by atoms with Gasteiger partial charge in [-0.3, -0.25) is 0 Å². The summed E-state index contributed by atoms with van der Waals surface area (Å²) in [5.74, 6) is 0.416. The average Bonchev–Trinajstić information content (AvgIpc) is 2.79. The van der Waals surface area contributed by atoms with Gasteiger partial charge in [0.1, 0.15) is 17.2 Å². The Labute approximate surface area is 122 Å². The predicted octanol–water partition coefficient (Wildman–Crippen LogP) is 4.00. The topological polar surface area (TPSA) is 43.8 Å². The number of anilines is 1. The van der Waals surface area contributed by atoms with Crippen molar-refractivity contribution in [3.05, 3.63) is 60.4 Å². The van der Waals surface area contributed by atoms with Crippen LogP contribution in [-0.2, 0) is 6.54 Å². The van der Waals surface area contributed by atoms with Gasteiger partial charge in [0.05, 0.1) is 11.2 Å². The van der Waals surface area contributed by atoms with Crippen molar-refractivity contribution in [1.82, 2.24) is 9.55 Å². The van der Waals surface area contributed by atoms with Crippen LogP contribution in [0.25, 0.3) is 22.4 Å². The molecular formula is C17H16FN3. The standard InChI is InChI=1S/C17H16FN3/c1-11(2)10-21-15-8-4-7-14(19)16(15)20-17(21)12-5-3-6-13(18)9-12/h3-9H,1,10,19H2,2H3. The Morgan fingerprint density at radius 1 is 1.29 bits per heavy atom. The highest BCUT2D eigenvalue weighted by Gasteiger charge is 2.14. The molecule has 0 aliphatic heterocycles. The van der Waals surface area contributed by atoms with Gasteiger partial charge in [0.25, 0.3) is 0 Å². The maximum Gasteiger partial charge on any atom is 0.141 e. The molecule has 0 fully saturated rings. The van der Waals surface area contributed by atoms with E-state index in [4.69, 9.17) is 5.73 Å². The normalized spacial score (nSPS) is 11.0. The number of imidazole rings is 1. The zero-order chi connectivity index (χ0) is 15.0. The first kappa shape index (κ1) is 13.4. The Hall–Kier alpha value is -2.62. The molecule has 0 spiro atoms. The highest BCUT2D eigenvalue weighted by atomic mass is 19.1. The van der Waals surface area contributed by atoms with E-state index in [0.717, 1.165) is 22.2 Å². The van der Waals surface area contributed by atoms with Crippen molar-refractivity contribution in [3.8, 4) is 11.4 Å². The van der Waals surface area contributed by atoms with Crippen LogP contribution < -0.4 is 5.73 Å². The maximum absolute atomic E-state index is 13.5. The summed E-state index contributed by atoms with van der Waals surface area (Å²) in [6, 6.07) is 12.1. The van der Waals surface area contributed by atoms with E-state index < -0.39 is 0 Å². The second-order valence-corrected chi connectivity index (χ2v) is 5.20. The summed E-state index contributed by atoms with van der Waals surface area (Å²) in [6.07, 6.45) is 0. The first-order valence-electron chi connectivity index (χ1n) is 6.71. The SMILES string of the molecule is C=C(C)Cn1c(-c2cccc(F)c2)nc2c(N)cccc21. The number of para-hydroxylation sites is 1. The third-order valence-electron chi connectivity index (χ3n) is 3.32. The molecule has 0 aliphatic carbocycles. The lowest BCUT2D eigenvalue weighted by Crippen LogP contribution is -2.01. The molecule has 2 N–H and O–H groups in total. The number of nitrogens with two attached hydrogens (primary N) is 1. The smallest absolute Gasteiger partial charge is 0.141 e. The van der Waals surface area contributed by atoms with Gasteiger partial charge in [0.2, 0.25) is 0 Å². The summed E-state index contributed by atoms with van der Waals surface area (Å²) >= 11 is 0. The third kappa shape index (κ3) is 2.40. The number of hydrogen-bond acceptors (Lipinski definition) is 2. The molecule has 0 saturated heterocycles. The lowest BCUT2D eigenvalue weighted by molar-refractivity contribution is 0.628. The minimum absolute atomic E-state index is 0.283. The van der Waals surface area contributed by atoms with Crippen LogP contribution in [0.3, 0.4) is 0 Å². The number of aromatic nitrogens is 2. The fourth-order valence-electron chi connectivity index (χ4n) is 2.45. The number of nitrogen functional groups attached to an aromatic ring is 1. The second-order valence-electron chi connectivity index (χ2n) is 5.20. The zero-order valence-corrected chi connectivity index (χ0v) is 11.8. The third-order valence-corrected chi connectivity index (χ3v) is 3.32. The number of halogens is 1. The molecule has 0 saturated carbocycles. The molecule has 0 unspecified atom stereocenters. The van der Waals surface area contributed by atoms with E-state index in [1.54, 1.807) is 6.07 Å².